The molecule has 0 aliphatic carbocycles. The number of anilines is 1. The molecule has 0 bridgehead atoms. The molecule has 358 valence electrons. The van der Waals surface area contributed by atoms with Gasteiger partial charge in [0.15, 0.2) is 0 Å². The lowest BCUT2D eigenvalue weighted by Crippen LogP contribution is -2.60. The number of methoxy groups -OCH3 is 2. The number of pyridine rings is 1. The molecule has 1 fully saturated rings. The zero-order valence-electron chi connectivity index (χ0n) is 40.0. The van der Waals surface area contributed by atoms with Crippen LogP contribution in [0.3, 0.4) is 0 Å². The number of nitrogens with zero attached hydrogens (tertiary/aromatic N) is 5. The fourth-order valence-corrected chi connectivity index (χ4v) is 9.88. The summed E-state index contributed by atoms with van der Waals surface area (Å²) in [5.74, 6) is -1.84. The van der Waals surface area contributed by atoms with E-state index in [-0.39, 0.29) is 65.7 Å². The summed E-state index contributed by atoms with van der Waals surface area (Å²) < 4.78 is 12.2. The molecule has 0 spiro atoms. The lowest BCUT2D eigenvalue weighted by atomic mass is 9.89. The lowest BCUT2D eigenvalue weighted by molar-refractivity contribution is -0.148. The Morgan fingerprint density at radius 3 is 2.20 bits per heavy atom. The standard InChI is InChI=1S/C48H72N8O8S/c1-12-31(6)42(55(9)47(60)40(29(2)3)53-45(59)41(30(4)5)54(8)28-34-20-21-49-38(26-34)52-48(61)62)37(63-10)27-39(57)56-23-16-19-36(56)43(64-11)32(7)44(58)51-35(46-50-22-24-65-46)25-33-17-14-13-15-18-33/h13-15,17-18,20-22,24,26,29-32,35-37,40-43H,12,16,19,23,25,27-28H2,1-11H3,(H,49,52)(H,51,58)(H,53,59)(H,61,62)/t31-,32+,35-,36-,37+,40-,41-,42-,43+/m0/s1. The Hall–Kier alpha value is -4.97. The van der Waals surface area contributed by atoms with Crippen LogP contribution in [-0.2, 0) is 41.6 Å². The topological polar surface area (TPSA) is 196 Å². The number of benzene rings is 1. The Morgan fingerprint density at radius 1 is 0.908 bits per heavy atom. The van der Waals surface area contributed by atoms with E-state index in [1.165, 1.54) is 17.5 Å². The van der Waals surface area contributed by atoms with Gasteiger partial charge < -0.3 is 35.0 Å². The summed E-state index contributed by atoms with van der Waals surface area (Å²) in [4.78, 5) is 82.3. The highest BCUT2D eigenvalue weighted by Gasteiger charge is 2.43. The largest absolute Gasteiger partial charge is 0.465 e. The van der Waals surface area contributed by atoms with Crippen molar-refractivity contribution in [2.75, 3.05) is 40.2 Å². The summed E-state index contributed by atoms with van der Waals surface area (Å²) in [6, 6.07) is 10.6. The summed E-state index contributed by atoms with van der Waals surface area (Å²) >= 11 is 1.49. The second kappa shape index (κ2) is 25.1. The molecule has 1 saturated heterocycles. The lowest BCUT2D eigenvalue weighted by Gasteiger charge is -2.41. The smallest absolute Gasteiger partial charge is 0.410 e. The van der Waals surface area contributed by atoms with Gasteiger partial charge in [-0.25, -0.2) is 14.8 Å². The Bertz CT molecular complexity index is 1990. The molecule has 9 atom stereocenters. The van der Waals surface area contributed by atoms with E-state index in [0.717, 1.165) is 22.6 Å². The van der Waals surface area contributed by atoms with Crippen molar-refractivity contribution in [3.05, 3.63) is 76.4 Å². The third-order valence-corrected chi connectivity index (χ3v) is 13.6. The normalized spacial score (nSPS) is 17.8. The Labute approximate surface area is 389 Å². The zero-order valence-corrected chi connectivity index (χ0v) is 40.8. The molecule has 1 aliphatic heterocycles. The third kappa shape index (κ3) is 14.3. The van der Waals surface area contributed by atoms with Crippen LogP contribution < -0.4 is 16.0 Å². The van der Waals surface area contributed by atoms with E-state index in [2.05, 4.69) is 25.9 Å². The summed E-state index contributed by atoms with van der Waals surface area (Å²) in [6.45, 7) is 14.4. The highest BCUT2D eigenvalue weighted by atomic mass is 32.1. The number of amides is 5. The summed E-state index contributed by atoms with van der Waals surface area (Å²) in [7, 11) is 6.67. The molecule has 2 aromatic heterocycles. The molecule has 1 aliphatic rings. The van der Waals surface area contributed by atoms with Crippen LogP contribution in [0.25, 0.3) is 0 Å². The molecular weight excluding hydrogens is 849 g/mol. The van der Waals surface area contributed by atoms with Gasteiger partial charge >= 0.3 is 6.09 Å². The molecule has 17 heteroatoms. The highest BCUT2D eigenvalue weighted by molar-refractivity contribution is 7.09. The highest BCUT2D eigenvalue weighted by Crippen LogP contribution is 2.31. The molecular formula is C48H72N8O8S. The number of hydrogen-bond acceptors (Lipinski definition) is 11. The summed E-state index contributed by atoms with van der Waals surface area (Å²) in [6.07, 6.45) is 3.45. The second-order valence-corrected chi connectivity index (χ2v) is 19.0. The third-order valence-electron chi connectivity index (χ3n) is 12.7. The van der Waals surface area contributed by atoms with Crippen molar-refractivity contribution in [1.82, 2.24) is 35.3 Å². The fraction of sp³-hybridized carbons (Fsp3) is 0.604. The van der Waals surface area contributed by atoms with Crippen molar-refractivity contribution in [2.24, 2.45) is 23.7 Å². The molecule has 3 aromatic rings. The number of thiazole rings is 1. The zero-order chi connectivity index (χ0) is 48.0. The van der Waals surface area contributed by atoms with Gasteiger partial charge in [0, 0.05) is 52.1 Å². The van der Waals surface area contributed by atoms with Gasteiger partial charge in [-0.1, -0.05) is 85.2 Å². The van der Waals surface area contributed by atoms with E-state index in [0.29, 0.717) is 32.4 Å². The molecule has 5 amide bonds. The van der Waals surface area contributed by atoms with Crippen LogP contribution in [-0.4, -0.2) is 131 Å². The van der Waals surface area contributed by atoms with E-state index in [1.807, 2.05) is 101 Å². The minimum atomic E-state index is -1.23. The van der Waals surface area contributed by atoms with E-state index < -0.39 is 42.3 Å². The van der Waals surface area contributed by atoms with Crippen LogP contribution in [0.15, 0.2) is 60.2 Å². The SMILES string of the molecule is CC[C@H](C)[C@@H]([C@@H](CC(=O)N1CCC[C@H]1[C@H](OC)[C@@H](C)C(=O)N[C@@H](Cc1ccccc1)c1nccs1)OC)N(C)C(=O)[C@@H](NC(=O)[C@H](C(C)C)N(C)Cc1ccnc(NC(=O)O)c1)C(C)C. The fourth-order valence-electron chi connectivity index (χ4n) is 9.19. The Balaban J connectivity index is 1.48. The molecule has 0 saturated carbocycles. The molecule has 3 heterocycles. The van der Waals surface area contributed by atoms with Gasteiger partial charge in [0.25, 0.3) is 0 Å². The Kier molecular flexibility index (Phi) is 20.3. The number of aromatic nitrogens is 2. The van der Waals surface area contributed by atoms with E-state index in [4.69, 9.17) is 14.6 Å². The van der Waals surface area contributed by atoms with Crippen LogP contribution in [0.1, 0.15) is 96.3 Å². The van der Waals surface area contributed by atoms with E-state index >= 15 is 0 Å². The maximum atomic E-state index is 14.6. The summed E-state index contributed by atoms with van der Waals surface area (Å²) in [5, 5.41) is 20.4. The predicted octanol–water partition coefficient (Wildman–Crippen LogP) is 6.25. The van der Waals surface area contributed by atoms with Crippen LogP contribution in [0, 0.1) is 23.7 Å². The van der Waals surface area contributed by atoms with Crippen LogP contribution in [0.4, 0.5) is 10.6 Å². The number of carboxylic acid groups (broad SMARTS) is 1. The molecule has 1 aromatic carbocycles. The molecule has 65 heavy (non-hydrogen) atoms. The monoisotopic (exact) mass is 921 g/mol. The first kappa shape index (κ1) is 52.7. The van der Waals surface area contributed by atoms with Gasteiger partial charge in [-0.3, -0.25) is 29.4 Å². The van der Waals surface area contributed by atoms with Gasteiger partial charge in [0.05, 0.1) is 48.7 Å². The van der Waals surface area contributed by atoms with Crippen LogP contribution >= 0.6 is 11.3 Å². The number of nitrogens with one attached hydrogen (secondary N) is 3. The number of carbonyl (C=O) groups is 5. The molecule has 4 rings (SSSR count). The molecule has 0 unspecified atom stereocenters. The summed E-state index contributed by atoms with van der Waals surface area (Å²) in [5.41, 5.74) is 1.83. The number of likely N-dealkylation sites (N-methyl/N-ethyl adjacent to an activating group) is 2. The minimum Gasteiger partial charge on any atom is -0.465 e. The van der Waals surface area contributed by atoms with Crippen LogP contribution in [0.5, 0.6) is 0 Å². The van der Waals surface area contributed by atoms with Gasteiger partial charge in [0.1, 0.15) is 16.9 Å². The number of rotatable bonds is 24. The average Bonchev–Trinajstić information content (AvgIpc) is 3.99. The first-order valence-corrected chi connectivity index (χ1v) is 23.6. The number of ether oxygens (including phenoxy) is 2. The van der Waals surface area contributed by atoms with Crippen molar-refractivity contribution in [1.29, 1.82) is 0 Å². The van der Waals surface area contributed by atoms with Gasteiger partial charge in [-0.15, -0.1) is 11.3 Å². The number of carbonyl (C=O) groups excluding carboxylic acids is 4. The first-order chi connectivity index (χ1) is 30.9. The quantitative estimate of drug-likeness (QED) is 0.0794. The second-order valence-electron chi connectivity index (χ2n) is 18.0. The van der Waals surface area contributed by atoms with Gasteiger partial charge in [-0.05, 0) is 67.3 Å². The van der Waals surface area contributed by atoms with Crippen LogP contribution in [0.2, 0.25) is 0 Å². The Morgan fingerprint density at radius 2 is 1.62 bits per heavy atom. The number of hydrogen-bond donors (Lipinski definition) is 4. The first-order valence-electron chi connectivity index (χ1n) is 22.7. The maximum Gasteiger partial charge on any atom is 0.410 e. The van der Waals surface area contributed by atoms with Crippen molar-refractivity contribution in [2.45, 2.75) is 130 Å². The molecule has 16 nitrogen and oxygen atoms in total. The molecule has 0 radical (unpaired) electrons. The van der Waals surface area contributed by atoms with Crippen molar-refractivity contribution >= 4 is 46.9 Å². The predicted molar refractivity (Wildman–Crippen MR) is 252 cm³/mol. The van der Waals surface area contributed by atoms with Gasteiger partial charge in [-0.2, -0.15) is 0 Å². The average molecular weight is 921 g/mol. The van der Waals surface area contributed by atoms with E-state index in [1.54, 1.807) is 44.5 Å². The number of likely N-dealkylation sites (tertiary alicyclic amines) is 1. The van der Waals surface area contributed by atoms with Gasteiger partial charge in [0.2, 0.25) is 23.6 Å². The minimum absolute atomic E-state index is 0.00252. The maximum absolute atomic E-state index is 14.6. The van der Waals surface area contributed by atoms with E-state index in [9.17, 15) is 24.0 Å². The molecule has 4 N–H and O–H groups in total. The van der Waals surface area contributed by atoms with Crippen molar-refractivity contribution in [3.63, 3.8) is 0 Å². The van der Waals surface area contributed by atoms with Crippen molar-refractivity contribution < 1.29 is 38.6 Å². The van der Waals surface area contributed by atoms with Crippen molar-refractivity contribution in [3.8, 4) is 0 Å².